The molecule has 1 amide bonds. The Morgan fingerprint density at radius 1 is 1.19 bits per heavy atom. The van der Waals surface area contributed by atoms with Crippen LogP contribution in [0.15, 0.2) is 6.07 Å². The second-order valence-electron chi connectivity index (χ2n) is 7.30. The minimum Gasteiger partial charge on any atom is -0.397 e. The fourth-order valence-corrected chi connectivity index (χ4v) is 5.74. The molecular weight excluding hydrogens is 282 g/mol. The summed E-state index contributed by atoms with van der Waals surface area (Å²) < 4.78 is 0. The Labute approximate surface area is 128 Å². The van der Waals surface area contributed by atoms with E-state index in [4.69, 9.17) is 5.73 Å². The first-order valence-electron chi connectivity index (χ1n) is 8.17. The van der Waals surface area contributed by atoms with Crippen molar-refractivity contribution in [1.29, 1.82) is 0 Å². The fourth-order valence-electron chi connectivity index (χ4n) is 4.82. The standard InChI is InChI=1S/C16H21N3OS/c17-10-6-11(21-15(10)16(20)18-9-3-4-9)19-14-12-7-1-2-8(5-7)13(12)14/h6-9,12-14,19H,1-5,17H2,(H,18,20). The van der Waals surface area contributed by atoms with E-state index >= 15 is 0 Å². The predicted molar refractivity (Wildman–Crippen MR) is 84.4 cm³/mol. The van der Waals surface area contributed by atoms with Crippen LogP contribution in [0.4, 0.5) is 10.7 Å². The molecule has 4 atom stereocenters. The summed E-state index contributed by atoms with van der Waals surface area (Å²) in [5, 5.41) is 7.76. The number of hydrogen-bond acceptors (Lipinski definition) is 4. The van der Waals surface area contributed by atoms with Gasteiger partial charge in [0.1, 0.15) is 4.88 Å². The summed E-state index contributed by atoms with van der Waals surface area (Å²) in [5.74, 6) is 3.73. The number of rotatable bonds is 4. The number of fused-ring (bicyclic) bond motifs is 5. The predicted octanol–water partition coefficient (Wildman–Crippen LogP) is 2.68. The van der Waals surface area contributed by atoms with Crippen molar-refractivity contribution in [2.75, 3.05) is 11.1 Å². The molecule has 4 unspecified atom stereocenters. The van der Waals surface area contributed by atoms with Crippen LogP contribution in [0.2, 0.25) is 0 Å². The molecule has 1 aromatic heterocycles. The van der Waals surface area contributed by atoms with E-state index in [2.05, 4.69) is 10.6 Å². The Morgan fingerprint density at radius 3 is 2.57 bits per heavy atom. The van der Waals surface area contributed by atoms with Gasteiger partial charge in [-0.1, -0.05) is 0 Å². The molecule has 4 N–H and O–H groups in total. The van der Waals surface area contributed by atoms with Crippen molar-refractivity contribution in [3.8, 4) is 0 Å². The molecule has 0 saturated heterocycles. The highest BCUT2D eigenvalue weighted by molar-refractivity contribution is 7.18. The lowest BCUT2D eigenvalue weighted by atomic mass is 10.0. The van der Waals surface area contributed by atoms with Gasteiger partial charge in [0.15, 0.2) is 0 Å². The zero-order valence-corrected chi connectivity index (χ0v) is 12.8. The largest absolute Gasteiger partial charge is 0.397 e. The molecule has 0 aliphatic heterocycles. The third kappa shape index (κ3) is 1.90. The Bertz CT molecular complexity index is 593. The van der Waals surface area contributed by atoms with Gasteiger partial charge in [-0.2, -0.15) is 0 Å². The van der Waals surface area contributed by atoms with E-state index in [0.29, 0.717) is 22.6 Å². The lowest BCUT2D eigenvalue weighted by molar-refractivity contribution is 0.0956. The van der Waals surface area contributed by atoms with E-state index in [-0.39, 0.29) is 5.91 Å². The summed E-state index contributed by atoms with van der Waals surface area (Å²) in [6.07, 6.45) is 6.55. The molecule has 1 heterocycles. The highest BCUT2D eigenvalue weighted by atomic mass is 32.1. The van der Waals surface area contributed by atoms with Crippen molar-refractivity contribution < 1.29 is 4.79 Å². The topological polar surface area (TPSA) is 67.1 Å². The molecule has 0 spiro atoms. The van der Waals surface area contributed by atoms with Gasteiger partial charge in [0, 0.05) is 12.1 Å². The van der Waals surface area contributed by atoms with E-state index in [0.717, 1.165) is 41.5 Å². The van der Waals surface area contributed by atoms with Crippen molar-refractivity contribution in [2.45, 2.75) is 44.2 Å². The Balaban J connectivity index is 1.29. The number of carbonyl (C=O) groups excluding carboxylic acids is 1. The van der Waals surface area contributed by atoms with E-state index in [9.17, 15) is 4.79 Å². The molecule has 4 aliphatic rings. The SMILES string of the molecule is Nc1cc(NC2C3C4CCC(C4)C23)sc1C(=O)NC1CC1. The second-order valence-corrected chi connectivity index (χ2v) is 8.35. The molecule has 21 heavy (non-hydrogen) atoms. The number of anilines is 2. The van der Waals surface area contributed by atoms with Crippen LogP contribution in [0.25, 0.3) is 0 Å². The number of nitrogen functional groups attached to an aromatic ring is 1. The highest BCUT2D eigenvalue weighted by Gasteiger charge is 2.65. The Kier molecular flexibility index (Phi) is 2.44. The Morgan fingerprint density at radius 2 is 1.90 bits per heavy atom. The summed E-state index contributed by atoms with van der Waals surface area (Å²) in [5.41, 5.74) is 6.65. The lowest BCUT2D eigenvalue weighted by Crippen LogP contribution is -2.25. The highest BCUT2D eigenvalue weighted by Crippen LogP contribution is 2.66. The molecule has 4 nitrogen and oxygen atoms in total. The van der Waals surface area contributed by atoms with E-state index < -0.39 is 0 Å². The number of nitrogens with one attached hydrogen (secondary N) is 2. The van der Waals surface area contributed by atoms with E-state index in [1.165, 1.54) is 30.6 Å². The summed E-state index contributed by atoms with van der Waals surface area (Å²) in [6.45, 7) is 0. The number of amides is 1. The van der Waals surface area contributed by atoms with Crippen molar-refractivity contribution in [3.63, 3.8) is 0 Å². The van der Waals surface area contributed by atoms with Crippen molar-refractivity contribution in [3.05, 3.63) is 10.9 Å². The monoisotopic (exact) mass is 303 g/mol. The van der Waals surface area contributed by atoms with Crippen LogP contribution in [0.5, 0.6) is 0 Å². The number of nitrogens with two attached hydrogens (primary N) is 1. The van der Waals surface area contributed by atoms with Gasteiger partial charge in [0.2, 0.25) is 0 Å². The fraction of sp³-hybridized carbons (Fsp3) is 0.688. The third-order valence-corrected chi connectivity index (χ3v) is 7.00. The second kappa shape index (κ2) is 4.15. The van der Waals surface area contributed by atoms with Crippen LogP contribution in [0.1, 0.15) is 41.8 Å². The molecule has 0 radical (unpaired) electrons. The summed E-state index contributed by atoms with van der Waals surface area (Å²) >= 11 is 1.52. The van der Waals surface area contributed by atoms with Crippen molar-refractivity contribution in [1.82, 2.24) is 5.32 Å². The number of thiophene rings is 1. The van der Waals surface area contributed by atoms with Gasteiger partial charge < -0.3 is 16.4 Å². The maximum absolute atomic E-state index is 12.1. The van der Waals surface area contributed by atoms with Crippen LogP contribution >= 0.6 is 11.3 Å². The molecular formula is C16H21N3OS. The van der Waals surface area contributed by atoms with Gasteiger partial charge in [-0.25, -0.2) is 0 Å². The zero-order chi connectivity index (χ0) is 14.1. The Hall–Kier alpha value is -1.23. The molecule has 4 fully saturated rings. The van der Waals surface area contributed by atoms with Crippen LogP contribution in [0, 0.1) is 23.7 Å². The molecule has 0 aromatic carbocycles. The smallest absolute Gasteiger partial charge is 0.263 e. The van der Waals surface area contributed by atoms with Gasteiger partial charge in [-0.3, -0.25) is 4.79 Å². The molecule has 4 saturated carbocycles. The number of hydrogen-bond donors (Lipinski definition) is 3. The maximum atomic E-state index is 12.1. The summed E-state index contributed by atoms with van der Waals surface area (Å²) in [6, 6.07) is 2.98. The molecule has 4 aliphatic carbocycles. The minimum absolute atomic E-state index is 0.00381. The number of carbonyl (C=O) groups is 1. The molecule has 5 heteroatoms. The van der Waals surface area contributed by atoms with Gasteiger partial charge >= 0.3 is 0 Å². The quantitative estimate of drug-likeness (QED) is 0.801. The van der Waals surface area contributed by atoms with Gasteiger partial charge in [0.25, 0.3) is 5.91 Å². The minimum atomic E-state index is 0.00381. The van der Waals surface area contributed by atoms with Crippen molar-refractivity contribution in [2.24, 2.45) is 23.7 Å². The summed E-state index contributed by atoms with van der Waals surface area (Å²) in [4.78, 5) is 12.8. The first kappa shape index (κ1) is 12.3. The molecule has 5 rings (SSSR count). The molecule has 2 bridgehead atoms. The van der Waals surface area contributed by atoms with Crippen LogP contribution in [-0.4, -0.2) is 18.0 Å². The zero-order valence-electron chi connectivity index (χ0n) is 12.0. The van der Waals surface area contributed by atoms with Crippen LogP contribution < -0.4 is 16.4 Å². The van der Waals surface area contributed by atoms with E-state index in [1.54, 1.807) is 0 Å². The van der Waals surface area contributed by atoms with Crippen LogP contribution in [-0.2, 0) is 0 Å². The van der Waals surface area contributed by atoms with Gasteiger partial charge in [-0.05, 0) is 61.8 Å². The first-order valence-corrected chi connectivity index (χ1v) is 8.99. The normalized spacial score (nSPS) is 39.1. The van der Waals surface area contributed by atoms with Crippen molar-refractivity contribution >= 4 is 27.9 Å². The average Bonchev–Trinajstić information content (AvgIpc) is 3.26. The van der Waals surface area contributed by atoms with E-state index in [1.807, 2.05) is 6.07 Å². The van der Waals surface area contributed by atoms with Gasteiger partial charge in [0.05, 0.1) is 10.7 Å². The van der Waals surface area contributed by atoms with Gasteiger partial charge in [-0.15, -0.1) is 11.3 Å². The molecule has 112 valence electrons. The maximum Gasteiger partial charge on any atom is 0.263 e. The molecule has 1 aromatic rings. The first-order chi connectivity index (χ1) is 10.2. The lowest BCUT2D eigenvalue weighted by Gasteiger charge is -2.09. The average molecular weight is 303 g/mol. The van der Waals surface area contributed by atoms with Crippen LogP contribution in [0.3, 0.4) is 0 Å². The third-order valence-electron chi connectivity index (χ3n) is 5.92. The summed E-state index contributed by atoms with van der Waals surface area (Å²) in [7, 11) is 0.